The molecule has 0 aliphatic carbocycles. The number of anilines is 1. The molecular formula is C14H22N2O2. The van der Waals surface area contributed by atoms with Crippen molar-refractivity contribution < 1.29 is 9.53 Å². The number of amides is 1. The van der Waals surface area contributed by atoms with Gasteiger partial charge in [0.2, 0.25) is 5.91 Å². The van der Waals surface area contributed by atoms with Crippen LogP contribution in [0.3, 0.4) is 0 Å². The number of hydrogen-bond acceptors (Lipinski definition) is 3. The van der Waals surface area contributed by atoms with E-state index in [0.29, 0.717) is 0 Å². The third kappa shape index (κ3) is 4.04. The maximum Gasteiger partial charge on any atom is 0.243 e. The molecular weight excluding hydrogens is 228 g/mol. The van der Waals surface area contributed by atoms with Crippen LogP contribution in [0.15, 0.2) is 18.2 Å². The van der Waals surface area contributed by atoms with Crippen LogP contribution in [0, 0.1) is 6.92 Å². The van der Waals surface area contributed by atoms with Crippen molar-refractivity contribution in [3.05, 3.63) is 23.8 Å². The lowest BCUT2D eigenvalue weighted by molar-refractivity contribution is -0.120. The Kier molecular flexibility index (Phi) is 4.35. The normalized spacial score (nSPS) is 11.5. The Morgan fingerprint density at radius 3 is 2.44 bits per heavy atom. The van der Waals surface area contributed by atoms with Gasteiger partial charge in [-0.3, -0.25) is 4.79 Å². The summed E-state index contributed by atoms with van der Waals surface area (Å²) in [5.41, 5.74) is 6.56. The molecule has 4 nitrogen and oxygen atoms in total. The number of carbonyl (C=O) groups is 1. The molecule has 0 heterocycles. The van der Waals surface area contributed by atoms with Gasteiger partial charge in [0.15, 0.2) is 0 Å². The van der Waals surface area contributed by atoms with Crippen LogP contribution in [0.25, 0.3) is 0 Å². The topological polar surface area (TPSA) is 64.3 Å². The van der Waals surface area contributed by atoms with Gasteiger partial charge < -0.3 is 15.8 Å². The summed E-state index contributed by atoms with van der Waals surface area (Å²) in [6.45, 7) is 9.22. The average molecular weight is 250 g/mol. The average Bonchev–Trinajstić information content (AvgIpc) is 2.19. The SMILES string of the molecule is Cc1cc(OC(C)C)ccc1NC(=O)C(C)(C)N. The molecule has 0 atom stereocenters. The van der Waals surface area contributed by atoms with Crippen molar-refractivity contribution >= 4 is 11.6 Å². The molecule has 0 saturated carbocycles. The molecule has 3 N–H and O–H groups in total. The van der Waals surface area contributed by atoms with E-state index < -0.39 is 5.54 Å². The molecule has 0 aromatic heterocycles. The van der Waals surface area contributed by atoms with Crippen molar-refractivity contribution in [3.63, 3.8) is 0 Å². The highest BCUT2D eigenvalue weighted by atomic mass is 16.5. The fourth-order valence-electron chi connectivity index (χ4n) is 1.41. The van der Waals surface area contributed by atoms with Crippen LogP contribution >= 0.6 is 0 Å². The lowest BCUT2D eigenvalue weighted by Crippen LogP contribution is -2.45. The van der Waals surface area contributed by atoms with Crippen molar-refractivity contribution in [3.8, 4) is 5.75 Å². The second-order valence-corrected chi connectivity index (χ2v) is 5.32. The fraction of sp³-hybridized carbons (Fsp3) is 0.500. The Bertz CT molecular complexity index is 434. The third-order valence-corrected chi connectivity index (χ3v) is 2.40. The van der Waals surface area contributed by atoms with Crippen LogP contribution in [0.5, 0.6) is 5.75 Å². The number of nitrogens with one attached hydrogen (secondary N) is 1. The molecule has 0 spiro atoms. The van der Waals surface area contributed by atoms with Crippen LogP contribution in [0.2, 0.25) is 0 Å². The highest BCUT2D eigenvalue weighted by Crippen LogP contribution is 2.22. The van der Waals surface area contributed by atoms with Gasteiger partial charge in [0.25, 0.3) is 0 Å². The number of nitrogens with two attached hydrogens (primary N) is 1. The van der Waals surface area contributed by atoms with Gasteiger partial charge in [-0.1, -0.05) is 0 Å². The Labute approximate surface area is 109 Å². The lowest BCUT2D eigenvalue weighted by Gasteiger charge is -2.19. The van der Waals surface area contributed by atoms with E-state index in [4.69, 9.17) is 10.5 Å². The Hall–Kier alpha value is -1.55. The molecule has 0 fully saturated rings. The van der Waals surface area contributed by atoms with Crippen LogP contribution in [-0.4, -0.2) is 17.6 Å². The van der Waals surface area contributed by atoms with E-state index in [1.807, 2.05) is 39.0 Å². The van der Waals surface area contributed by atoms with Gasteiger partial charge in [0, 0.05) is 5.69 Å². The molecule has 1 amide bonds. The zero-order chi connectivity index (χ0) is 13.9. The van der Waals surface area contributed by atoms with Crippen molar-refractivity contribution in [1.29, 1.82) is 0 Å². The van der Waals surface area contributed by atoms with E-state index in [-0.39, 0.29) is 12.0 Å². The quantitative estimate of drug-likeness (QED) is 0.862. The number of aryl methyl sites for hydroxylation is 1. The summed E-state index contributed by atoms with van der Waals surface area (Å²) >= 11 is 0. The highest BCUT2D eigenvalue weighted by molar-refractivity contribution is 5.97. The lowest BCUT2D eigenvalue weighted by atomic mass is 10.1. The monoisotopic (exact) mass is 250 g/mol. The first-order valence-electron chi connectivity index (χ1n) is 6.08. The summed E-state index contributed by atoms with van der Waals surface area (Å²) in [7, 11) is 0. The first kappa shape index (κ1) is 14.5. The molecule has 100 valence electrons. The standard InChI is InChI=1S/C14H22N2O2/c1-9(2)18-11-6-7-12(10(3)8-11)16-13(17)14(4,5)15/h6-9H,15H2,1-5H3,(H,16,17). The second-order valence-electron chi connectivity index (χ2n) is 5.32. The van der Waals surface area contributed by atoms with Gasteiger partial charge in [0.1, 0.15) is 5.75 Å². The Morgan fingerprint density at radius 2 is 2.00 bits per heavy atom. The smallest absolute Gasteiger partial charge is 0.243 e. The van der Waals surface area contributed by atoms with Gasteiger partial charge in [-0.15, -0.1) is 0 Å². The molecule has 1 rings (SSSR count). The summed E-state index contributed by atoms with van der Waals surface area (Å²) < 4.78 is 5.58. The van der Waals surface area contributed by atoms with Gasteiger partial charge in [-0.25, -0.2) is 0 Å². The number of rotatable bonds is 4. The third-order valence-electron chi connectivity index (χ3n) is 2.40. The van der Waals surface area contributed by atoms with Gasteiger partial charge >= 0.3 is 0 Å². The fourth-order valence-corrected chi connectivity index (χ4v) is 1.41. The molecule has 18 heavy (non-hydrogen) atoms. The summed E-state index contributed by atoms with van der Waals surface area (Å²) in [6, 6.07) is 5.57. The summed E-state index contributed by atoms with van der Waals surface area (Å²) in [5.74, 6) is 0.593. The van der Waals surface area contributed by atoms with Crippen LogP contribution < -0.4 is 15.8 Å². The molecule has 0 aliphatic rings. The van der Waals surface area contributed by atoms with Crippen molar-refractivity contribution in [2.75, 3.05) is 5.32 Å². The number of benzene rings is 1. The summed E-state index contributed by atoms with van der Waals surface area (Å²) in [6.07, 6.45) is 0.132. The summed E-state index contributed by atoms with van der Waals surface area (Å²) in [4.78, 5) is 11.8. The Balaban J connectivity index is 2.83. The highest BCUT2D eigenvalue weighted by Gasteiger charge is 2.22. The summed E-state index contributed by atoms with van der Waals surface area (Å²) in [5, 5.41) is 2.81. The van der Waals surface area contributed by atoms with Gasteiger partial charge in [-0.05, 0) is 58.4 Å². The van der Waals surface area contributed by atoms with Crippen LogP contribution in [0.4, 0.5) is 5.69 Å². The molecule has 0 aliphatic heterocycles. The van der Waals surface area contributed by atoms with Gasteiger partial charge in [0.05, 0.1) is 11.6 Å². The predicted molar refractivity (Wildman–Crippen MR) is 73.8 cm³/mol. The van der Waals surface area contributed by atoms with Crippen molar-refractivity contribution in [2.45, 2.75) is 46.3 Å². The maximum absolute atomic E-state index is 11.8. The molecule has 0 unspecified atom stereocenters. The minimum Gasteiger partial charge on any atom is -0.491 e. The molecule has 4 heteroatoms. The van der Waals surface area contributed by atoms with E-state index in [1.165, 1.54) is 0 Å². The van der Waals surface area contributed by atoms with E-state index in [2.05, 4.69) is 5.32 Å². The minimum absolute atomic E-state index is 0.132. The number of ether oxygens (including phenoxy) is 1. The largest absolute Gasteiger partial charge is 0.491 e. The van der Waals surface area contributed by atoms with Crippen LogP contribution in [-0.2, 0) is 4.79 Å². The molecule has 0 bridgehead atoms. The Morgan fingerprint density at radius 1 is 1.39 bits per heavy atom. The second kappa shape index (κ2) is 5.40. The number of carbonyl (C=O) groups excluding carboxylic acids is 1. The number of hydrogen-bond donors (Lipinski definition) is 2. The van der Waals surface area contributed by atoms with Crippen molar-refractivity contribution in [2.24, 2.45) is 5.73 Å². The van der Waals surface area contributed by atoms with E-state index in [0.717, 1.165) is 17.0 Å². The first-order valence-corrected chi connectivity index (χ1v) is 6.08. The molecule has 1 aromatic carbocycles. The zero-order valence-electron chi connectivity index (χ0n) is 11.7. The molecule has 1 aromatic rings. The van der Waals surface area contributed by atoms with Crippen molar-refractivity contribution in [1.82, 2.24) is 0 Å². The van der Waals surface area contributed by atoms with E-state index in [1.54, 1.807) is 13.8 Å². The van der Waals surface area contributed by atoms with Gasteiger partial charge in [-0.2, -0.15) is 0 Å². The minimum atomic E-state index is -0.889. The van der Waals surface area contributed by atoms with E-state index >= 15 is 0 Å². The first-order chi connectivity index (χ1) is 8.20. The molecule has 0 saturated heterocycles. The maximum atomic E-state index is 11.8. The zero-order valence-corrected chi connectivity index (χ0v) is 11.7. The van der Waals surface area contributed by atoms with E-state index in [9.17, 15) is 4.79 Å². The molecule has 0 radical (unpaired) electrons. The van der Waals surface area contributed by atoms with Crippen LogP contribution in [0.1, 0.15) is 33.3 Å². The predicted octanol–water partition coefficient (Wildman–Crippen LogP) is 2.46.